The van der Waals surface area contributed by atoms with Gasteiger partial charge in [0.2, 0.25) is 0 Å². The van der Waals surface area contributed by atoms with Crippen LogP contribution in [0, 0.1) is 0 Å². The van der Waals surface area contributed by atoms with E-state index in [2.05, 4.69) is 10.2 Å². The van der Waals surface area contributed by atoms with E-state index in [0.717, 1.165) is 0 Å². The van der Waals surface area contributed by atoms with E-state index < -0.39 is 16.4 Å². The van der Waals surface area contributed by atoms with Gasteiger partial charge in [0.25, 0.3) is 0 Å². The highest BCUT2D eigenvalue weighted by Gasteiger charge is 2.12. The SMILES string of the molecule is Nc1ccc(/N=N/c2ccc(S(=O)(=O)CCO)cc2)cc1. The van der Waals surface area contributed by atoms with Crippen LogP contribution < -0.4 is 5.73 Å². The van der Waals surface area contributed by atoms with Crippen molar-refractivity contribution in [3.8, 4) is 0 Å². The fraction of sp³-hybridized carbons (Fsp3) is 0.143. The number of azo groups is 1. The van der Waals surface area contributed by atoms with Crippen LogP contribution in [0.3, 0.4) is 0 Å². The molecule has 0 aromatic heterocycles. The fourth-order valence-electron chi connectivity index (χ4n) is 1.61. The van der Waals surface area contributed by atoms with Crippen molar-refractivity contribution in [1.29, 1.82) is 0 Å². The van der Waals surface area contributed by atoms with Crippen molar-refractivity contribution in [3.63, 3.8) is 0 Å². The number of anilines is 1. The van der Waals surface area contributed by atoms with Crippen molar-refractivity contribution < 1.29 is 13.5 Å². The highest BCUT2D eigenvalue weighted by Crippen LogP contribution is 2.21. The van der Waals surface area contributed by atoms with Crippen molar-refractivity contribution in [2.75, 3.05) is 18.1 Å². The molecule has 3 N–H and O–H groups in total. The molecule has 0 fully saturated rings. The number of nitrogens with two attached hydrogens (primary N) is 1. The van der Waals surface area contributed by atoms with E-state index in [9.17, 15) is 8.42 Å². The Bertz CT molecular complexity index is 723. The minimum atomic E-state index is -3.44. The van der Waals surface area contributed by atoms with E-state index in [4.69, 9.17) is 10.8 Å². The number of hydrogen-bond donors (Lipinski definition) is 2. The number of hydrogen-bond acceptors (Lipinski definition) is 6. The average molecular weight is 305 g/mol. The lowest BCUT2D eigenvalue weighted by Gasteiger charge is -2.02. The summed E-state index contributed by atoms with van der Waals surface area (Å²) in [6.45, 7) is -0.402. The molecular formula is C14H15N3O3S. The van der Waals surface area contributed by atoms with Crippen LogP contribution in [-0.2, 0) is 9.84 Å². The van der Waals surface area contributed by atoms with E-state index in [1.54, 1.807) is 36.4 Å². The van der Waals surface area contributed by atoms with Gasteiger partial charge in [-0.15, -0.1) is 0 Å². The van der Waals surface area contributed by atoms with Crippen LogP contribution in [0.2, 0.25) is 0 Å². The zero-order chi connectivity index (χ0) is 15.3. The van der Waals surface area contributed by atoms with Crippen LogP contribution in [0.5, 0.6) is 0 Å². The van der Waals surface area contributed by atoms with Crippen molar-refractivity contribution in [2.45, 2.75) is 4.90 Å². The summed E-state index contributed by atoms with van der Waals surface area (Å²) in [7, 11) is -3.44. The molecule has 2 rings (SSSR count). The van der Waals surface area contributed by atoms with Crippen molar-refractivity contribution in [2.24, 2.45) is 10.2 Å². The predicted octanol–water partition coefficient (Wildman–Crippen LogP) is 2.45. The summed E-state index contributed by atoms with van der Waals surface area (Å²) >= 11 is 0. The molecule has 2 aromatic carbocycles. The zero-order valence-corrected chi connectivity index (χ0v) is 12.0. The fourth-order valence-corrected chi connectivity index (χ4v) is 2.64. The Labute approximate surface area is 122 Å². The normalized spacial score (nSPS) is 11.9. The molecule has 0 aliphatic carbocycles. The highest BCUT2D eigenvalue weighted by molar-refractivity contribution is 7.91. The van der Waals surface area contributed by atoms with Gasteiger partial charge in [0.15, 0.2) is 9.84 Å². The maximum absolute atomic E-state index is 11.7. The molecule has 0 radical (unpaired) electrons. The Hall–Kier alpha value is -2.25. The monoisotopic (exact) mass is 305 g/mol. The number of aliphatic hydroxyl groups is 1. The summed E-state index contributed by atoms with van der Waals surface area (Å²) in [6, 6.07) is 12.9. The number of sulfone groups is 1. The van der Waals surface area contributed by atoms with Gasteiger partial charge in [0.1, 0.15) is 0 Å². The van der Waals surface area contributed by atoms with E-state index in [0.29, 0.717) is 17.1 Å². The summed E-state index contributed by atoms with van der Waals surface area (Å²) in [6.07, 6.45) is 0. The number of nitrogen functional groups attached to an aromatic ring is 1. The molecule has 2 aromatic rings. The molecule has 21 heavy (non-hydrogen) atoms. The molecule has 0 bridgehead atoms. The molecule has 110 valence electrons. The first-order chi connectivity index (χ1) is 10.0. The van der Waals surface area contributed by atoms with E-state index in [-0.39, 0.29) is 10.6 Å². The third kappa shape index (κ3) is 4.11. The Morgan fingerprint density at radius 2 is 1.38 bits per heavy atom. The second-order valence-electron chi connectivity index (χ2n) is 4.33. The van der Waals surface area contributed by atoms with Gasteiger partial charge < -0.3 is 10.8 Å². The van der Waals surface area contributed by atoms with E-state index in [1.165, 1.54) is 12.1 Å². The molecule has 0 heterocycles. The Morgan fingerprint density at radius 1 is 0.905 bits per heavy atom. The Kier molecular flexibility index (Phi) is 4.66. The smallest absolute Gasteiger partial charge is 0.180 e. The van der Waals surface area contributed by atoms with Crippen LogP contribution in [0.4, 0.5) is 17.1 Å². The molecule has 0 spiro atoms. The molecular weight excluding hydrogens is 290 g/mol. The molecule has 7 heteroatoms. The first-order valence-corrected chi connectivity index (χ1v) is 7.87. The van der Waals surface area contributed by atoms with Crippen LogP contribution >= 0.6 is 0 Å². The van der Waals surface area contributed by atoms with Gasteiger partial charge in [-0.2, -0.15) is 10.2 Å². The predicted molar refractivity (Wildman–Crippen MR) is 80.6 cm³/mol. The lowest BCUT2D eigenvalue weighted by Crippen LogP contribution is -2.09. The highest BCUT2D eigenvalue weighted by atomic mass is 32.2. The lowest BCUT2D eigenvalue weighted by atomic mass is 10.3. The standard InChI is InChI=1S/C14H15N3O3S/c15-11-1-3-12(4-2-11)16-17-13-5-7-14(8-6-13)21(19,20)10-9-18/h1-8,18H,9-10,15H2/b17-16+. The lowest BCUT2D eigenvalue weighted by molar-refractivity contribution is 0.319. The molecule has 0 atom stereocenters. The average Bonchev–Trinajstić information content (AvgIpc) is 2.47. The zero-order valence-electron chi connectivity index (χ0n) is 11.2. The quantitative estimate of drug-likeness (QED) is 0.653. The molecule has 6 nitrogen and oxygen atoms in total. The van der Waals surface area contributed by atoms with Gasteiger partial charge in [-0.3, -0.25) is 0 Å². The first-order valence-electron chi connectivity index (χ1n) is 6.22. The summed E-state index contributed by atoms with van der Waals surface area (Å²) in [5.41, 5.74) is 7.41. The maximum atomic E-state index is 11.7. The summed E-state index contributed by atoms with van der Waals surface area (Å²) in [5.74, 6) is -0.292. The van der Waals surface area contributed by atoms with Crippen LogP contribution in [-0.4, -0.2) is 25.9 Å². The molecule has 0 aliphatic heterocycles. The van der Waals surface area contributed by atoms with Crippen molar-refractivity contribution in [3.05, 3.63) is 48.5 Å². The van der Waals surface area contributed by atoms with Crippen LogP contribution in [0.15, 0.2) is 63.7 Å². The minimum absolute atomic E-state index is 0.156. The Balaban J connectivity index is 2.14. The third-order valence-corrected chi connectivity index (χ3v) is 4.44. The number of rotatable bonds is 5. The maximum Gasteiger partial charge on any atom is 0.180 e. The van der Waals surface area contributed by atoms with Gasteiger partial charge in [-0.25, -0.2) is 8.42 Å². The summed E-state index contributed by atoms with van der Waals surface area (Å²) in [5, 5.41) is 16.8. The first kappa shape index (κ1) is 15.1. The Morgan fingerprint density at radius 3 is 1.86 bits per heavy atom. The summed E-state index contributed by atoms with van der Waals surface area (Å²) in [4.78, 5) is 0.156. The van der Waals surface area contributed by atoms with Crippen LogP contribution in [0.25, 0.3) is 0 Å². The van der Waals surface area contributed by atoms with Crippen molar-refractivity contribution >= 4 is 26.9 Å². The summed E-state index contributed by atoms with van der Waals surface area (Å²) < 4.78 is 23.5. The number of benzene rings is 2. The van der Waals surface area contributed by atoms with E-state index in [1.807, 2.05) is 0 Å². The topological polar surface area (TPSA) is 105 Å². The van der Waals surface area contributed by atoms with Gasteiger partial charge in [-0.1, -0.05) is 0 Å². The second kappa shape index (κ2) is 6.47. The van der Waals surface area contributed by atoms with Gasteiger partial charge in [0.05, 0.1) is 28.6 Å². The van der Waals surface area contributed by atoms with Crippen LogP contribution in [0.1, 0.15) is 0 Å². The van der Waals surface area contributed by atoms with Gasteiger partial charge in [0, 0.05) is 5.69 Å². The molecule has 0 saturated heterocycles. The number of aliphatic hydroxyl groups excluding tert-OH is 1. The molecule has 0 saturated carbocycles. The molecule has 0 unspecified atom stereocenters. The molecule has 0 aliphatic rings. The minimum Gasteiger partial charge on any atom is -0.399 e. The van der Waals surface area contributed by atoms with Gasteiger partial charge in [-0.05, 0) is 48.5 Å². The second-order valence-corrected chi connectivity index (χ2v) is 6.44. The van der Waals surface area contributed by atoms with Gasteiger partial charge >= 0.3 is 0 Å². The van der Waals surface area contributed by atoms with E-state index >= 15 is 0 Å². The number of nitrogens with zero attached hydrogens (tertiary/aromatic N) is 2. The largest absolute Gasteiger partial charge is 0.399 e. The third-order valence-electron chi connectivity index (χ3n) is 2.73. The molecule has 0 amide bonds. The van der Waals surface area contributed by atoms with Crippen molar-refractivity contribution in [1.82, 2.24) is 0 Å².